The van der Waals surface area contributed by atoms with E-state index in [2.05, 4.69) is 36.4 Å². The van der Waals surface area contributed by atoms with Crippen LogP contribution in [0.2, 0.25) is 0 Å². The second-order valence-corrected chi connectivity index (χ2v) is 5.81. The molecule has 0 aromatic rings. The molecule has 1 amide bonds. The first-order chi connectivity index (χ1) is 8.06. The van der Waals surface area contributed by atoms with Gasteiger partial charge >= 0.3 is 0 Å². The lowest BCUT2D eigenvalue weighted by atomic mass is 9.88. The molecule has 2 rings (SSSR count). The minimum absolute atomic E-state index is 0.202. The minimum Gasteiger partial charge on any atom is -0.355 e. The van der Waals surface area contributed by atoms with E-state index >= 15 is 0 Å². The van der Waals surface area contributed by atoms with Gasteiger partial charge in [-0.1, -0.05) is 6.92 Å². The minimum atomic E-state index is 0.202. The summed E-state index contributed by atoms with van der Waals surface area (Å²) in [5.41, 5.74) is 0. The molecule has 4 heteroatoms. The monoisotopic (exact) mass is 239 g/mol. The predicted octanol–water partition coefficient (Wildman–Crippen LogP) is 0.583. The van der Waals surface area contributed by atoms with E-state index in [1.54, 1.807) is 0 Å². The van der Waals surface area contributed by atoms with Crippen LogP contribution in [0.25, 0.3) is 0 Å². The van der Waals surface area contributed by atoms with Crippen LogP contribution in [0, 0.1) is 5.92 Å². The number of nitrogens with one attached hydrogen (secondary N) is 2. The highest BCUT2D eigenvalue weighted by Gasteiger charge is 2.31. The van der Waals surface area contributed by atoms with E-state index in [0.717, 1.165) is 19.5 Å². The van der Waals surface area contributed by atoms with E-state index in [4.69, 9.17) is 0 Å². The lowest BCUT2D eigenvalue weighted by molar-refractivity contribution is -0.122. The van der Waals surface area contributed by atoms with Crippen LogP contribution in [0.1, 0.15) is 33.1 Å². The van der Waals surface area contributed by atoms with Crippen molar-refractivity contribution in [1.82, 2.24) is 15.5 Å². The maximum Gasteiger partial charge on any atom is 0.220 e. The Morgan fingerprint density at radius 3 is 2.82 bits per heavy atom. The van der Waals surface area contributed by atoms with Crippen LogP contribution in [0.15, 0.2) is 0 Å². The summed E-state index contributed by atoms with van der Waals surface area (Å²) in [6.45, 7) is 6.58. The first kappa shape index (κ1) is 12.8. The van der Waals surface area contributed by atoms with Crippen LogP contribution in [0.4, 0.5) is 0 Å². The van der Waals surface area contributed by atoms with Gasteiger partial charge in [-0.3, -0.25) is 4.79 Å². The fourth-order valence-corrected chi connectivity index (χ4v) is 2.95. The molecule has 2 fully saturated rings. The summed E-state index contributed by atoms with van der Waals surface area (Å²) < 4.78 is 0. The maximum absolute atomic E-state index is 11.1. The fraction of sp³-hybridized carbons (Fsp3) is 0.923. The van der Waals surface area contributed by atoms with Crippen molar-refractivity contribution in [2.45, 2.75) is 51.2 Å². The zero-order chi connectivity index (χ0) is 12.4. The van der Waals surface area contributed by atoms with Gasteiger partial charge in [0.2, 0.25) is 5.91 Å². The van der Waals surface area contributed by atoms with Crippen LogP contribution in [0.3, 0.4) is 0 Å². The molecule has 0 aliphatic carbocycles. The third kappa shape index (κ3) is 3.19. The van der Waals surface area contributed by atoms with E-state index in [0.29, 0.717) is 30.5 Å². The van der Waals surface area contributed by atoms with Crippen molar-refractivity contribution in [3.63, 3.8) is 0 Å². The SMILES string of the molecule is CC1CN(C)C(C)CC1NC1CCC(=O)NC1. The highest BCUT2D eigenvalue weighted by atomic mass is 16.1. The smallest absolute Gasteiger partial charge is 0.220 e. The average molecular weight is 239 g/mol. The van der Waals surface area contributed by atoms with Gasteiger partial charge in [-0.05, 0) is 32.7 Å². The van der Waals surface area contributed by atoms with E-state index < -0.39 is 0 Å². The molecule has 2 aliphatic heterocycles. The molecule has 0 aromatic carbocycles. The van der Waals surface area contributed by atoms with Gasteiger partial charge in [0.1, 0.15) is 0 Å². The molecule has 17 heavy (non-hydrogen) atoms. The lowest BCUT2D eigenvalue weighted by Gasteiger charge is -2.42. The number of amides is 1. The molecular formula is C13H25N3O. The number of hydrogen-bond acceptors (Lipinski definition) is 3. The van der Waals surface area contributed by atoms with E-state index in [-0.39, 0.29) is 5.91 Å². The standard InChI is InChI=1S/C13H25N3O/c1-9-8-16(3)10(2)6-12(9)15-11-4-5-13(17)14-7-11/h9-12,15H,4-8H2,1-3H3,(H,14,17). The lowest BCUT2D eigenvalue weighted by Crippen LogP contribution is -2.56. The number of rotatable bonds is 2. The van der Waals surface area contributed by atoms with Crippen LogP contribution < -0.4 is 10.6 Å². The topological polar surface area (TPSA) is 44.4 Å². The number of carbonyl (C=O) groups is 1. The van der Waals surface area contributed by atoms with Gasteiger partial charge in [0.25, 0.3) is 0 Å². The van der Waals surface area contributed by atoms with E-state index in [1.165, 1.54) is 6.42 Å². The summed E-state index contributed by atoms with van der Waals surface area (Å²) in [6, 6.07) is 1.72. The Labute approximate surface area is 104 Å². The molecule has 4 unspecified atom stereocenters. The second kappa shape index (κ2) is 5.36. The highest BCUT2D eigenvalue weighted by molar-refractivity contribution is 5.76. The van der Waals surface area contributed by atoms with Crippen molar-refractivity contribution in [3.05, 3.63) is 0 Å². The molecule has 0 bridgehead atoms. The molecule has 2 aliphatic rings. The molecule has 4 atom stereocenters. The van der Waals surface area contributed by atoms with Crippen molar-refractivity contribution in [2.75, 3.05) is 20.1 Å². The van der Waals surface area contributed by atoms with Crippen molar-refractivity contribution in [2.24, 2.45) is 5.92 Å². The largest absolute Gasteiger partial charge is 0.355 e. The zero-order valence-corrected chi connectivity index (χ0v) is 11.2. The summed E-state index contributed by atoms with van der Waals surface area (Å²) in [6.07, 6.45) is 2.87. The number of hydrogen-bond donors (Lipinski definition) is 2. The predicted molar refractivity (Wildman–Crippen MR) is 68.8 cm³/mol. The molecule has 98 valence electrons. The van der Waals surface area contributed by atoms with E-state index in [9.17, 15) is 4.79 Å². The van der Waals surface area contributed by atoms with Crippen LogP contribution in [0.5, 0.6) is 0 Å². The van der Waals surface area contributed by atoms with Gasteiger partial charge in [-0.15, -0.1) is 0 Å². The average Bonchev–Trinajstić information content (AvgIpc) is 2.29. The van der Waals surface area contributed by atoms with Crippen molar-refractivity contribution in [3.8, 4) is 0 Å². The Morgan fingerprint density at radius 1 is 1.41 bits per heavy atom. The molecule has 4 nitrogen and oxygen atoms in total. The van der Waals surface area contributed by atoms with Crippen molar-refractivity contribution >= 4 is 5.91 Å². The van der Waals surface area contributed by atoms with Gasteiger partial charge in [0, 0.05) is 37.6 Å². The number of nitrogens with zero attached hydrogens (tertiary/aromatic N) is 1. The molecule has 0 spiro atoms. The van der Waals surface area contributed by atoms with Crippen molar-refractivity contribution in [1.29, 1.82) is 0 Å². The van der Waals surface area contributed by atoms with Gasteiger partial charge < -0.3 is 15.5 Å². The Hall–Kier alpha value is -0.610. The molecule has 0 radical (unpaired) electrons. The molecule has 0 saturated carbocycles. The summed E-state index contributed by atoms with van der Waals surface area (Å²) in [5.74, 6) is 0.890. The summed E-state index contributed by atoms with van der Waals surface area (Å²) in [7, 11) is 2.21. The number of piperidine rings is 2. The fourth-order valence-electron chi connectivity index (χ4n) is 2.95. The Balaban J connectivity index is 1.83. The number of likely N-dealkylation sites (tertiary alicyclic amines) is 1. The molecular weight excluding hydrogens is 214 g/mol. The molecule has 2 saturated heterocycles. The number of carbonyl (C=O) groups excluding carboxylic acids is 1. The van der Waals surface area contributed by atoms with Crippen LogP contribution in [-0.2, 0) is 4.79 Å². The Morgan fingerprint density at radius 2 is 2.18 bits per heavy atom. The Kier molecular flexibility index (Phi) is 4.05. The molecule has 0 aromatic heterocycles. The van der Waals surface area contributed by atoms with Gasteiger partial charge in [-0.25, -0.2) is 0 Å². The first-order valence-corrected chi connectivity index (χ1v) is 6.79. The third-order valence-corrected chi connectivity index (χ3v) is 4.33. The third-order valence-electron chi connectivity index (χ3n) is 4.33. The first-order valence-electron chi connectivity index (χ1n) is 6.79. The zero-order valence-electron chi connectivity index (χ0n) is 11.2. The van der Waals surface area contributed by atoms with Crippen LogP contribution in [-0.4, -0.2) is 49.1 Å². The van der Waals surface area contributed by atoms with Gasteiger partial charge in [0.15, 0.2) is 0 Å². The highest BCUT2D eigenvalue weighted by Crippen LogP contribution is 2.21. The molecule has 2 heterocycles. The maximum atomic E-state index is 11.1. The van der Waals surface area contributed by atoms with E-state index in [1.807, 2.05) is 0 Å². The summed E-state index contributed by atoms with van der Waals surface area (Å²) in [4.78, 5) is 13.6. The quantitative estimate of drug-likeness (QED) is 0.741. The van der Waals surface area contributed by atoms with Gasteiger partial charge in [-0.2, -0.15) is 0 Å². The molecule has 2 N–H and O–H groups in total. The second-order valence-electron chi connectivity index (χ2n) is 5.81. The summed E-state index contributed by atoms with van der Waals surface area (Å²) >= 11 is 0. The van der Waals surface area contributed by atoms with Crippen molar-refractivity contribution < 1.29 is 4.79 Å². The van der Waals surface area contributed by atoms with Crippen LogP contribution >= 0.6 is 0 Å². The summed E-state index contributed by atoms with van der Waals surface area (Å²) in [5, 5.41) is 6.68. The Bertz CT molecular complexity index is 272. The van der Waals surface area contributed by atoms with Gasteiger partial charge in [0.05, 0.1) is 0 Å². The normalized spacial score (nSPS) is 40.1.